The number of carboxylic acids is 1. The van der Waals surface area contributed by atoms with Gasteiger partial charge in [0.2, 0.25) is 5.91 Å². The van der Waals surface area contributed by atoms with Crippen LogP contribution in [-0.2, 0) is 9.59 Å². The van der Waals surface area contributed by atoms with Crippen LogP contribution in [-0.4, -0.2) is 34.6 Å². The minimum atomic E-state index is -1.12. The van der Waals surface area contributed by atoms with Crippen LogP contribution in [0.3, 0.4) is 0 Å². The maximum atomic E-state index is 11.5. The first-order chi connectivity index (χ1) is 9.43. The quantitative estimate of drug-likeness (QED) is 0.567. The number of aromatic nitrogens is 1. The molecule has 0 aliphatic heterocycles. The first-order valence-corrected chi connectivity index (χ1v) is 7.29. The third-order valence-corrected chi connectivity index (χ3v) is 3.57. The van der Waals surface area contributed by atoms with Gasteiger partial charge in [-0.05, 0) is 13.3 Å². The molecule has 0 aromatic carbocycles. The van der Waals surface area contributed by atoms with Crippen LogP contribution in [0.4, 0.5) is 5.13 Å². The number of rotatable bonds is 8. The molecular formula is C12H20N4O3S. The Hall–Kier alpha value is -1.67. The van der Waals surface area contributed by atoms with Crippen LogP contribution in [0.1, 0.15) is 38.4 Å². The molecule has 1 rings (SSSR count). The summed E-state index contributed by atoms with van der Waals surface area (Å²) in [5.74, 6) is -1.14. The van der Waals surface area contributed by atoms with Crippen LogP contribution in [0.5, 0.6) is 0 Å². The van der Waals surface area contributed by atoms with Gasteiger partial charge in [0.15, 0.2) is 5.13 Å². The topological polar surface area (TPSA) is 117 Å². The second-order valence-corrected chi connectivity index (χ2v) is 5.31. The van der Waals surface area contributed by atoms with Crippen LogP contribution in [0.15, 0.2) is 5.38 Å². The summed E-state index contributed by atoms with van der Waals surface area (Å²) in [6, 6.07) is -0.946. The molecule has 0 aliphatic carbocycles. The molecule has 1 aromatic rings. The van der Waals surface area contributed by atoms with Gasteiger partial charge in [0.1, 0.15) is 6.04 Å². The Balaban J connectivity index is 2.36. The highest BCUT2D eigenvalue weighted by Gasteiger charge is 2.17. The van der Waals surface area contributed by atoms with E-state index in [9.17, 15) is 9.59 Å². The van der Waals surface area contributed by atoms with Crippen molar-refractivity contribution in [2.24, 2.45) is 5.73 Å². The van der Waals surface area contributed by atoms with Gasteiger partial charge in [-0.3, -0.25) is 9.59 Å². The lowest BCUT2D eigenvalue weighted by Gasteiger charge is -2.11. The molecule has 20 heavy (non-hydrogen) atoms. The molecular weight excluding hydrogens is 280 g/mol. The molecule has 0 fully saturated rings. The van der Waals surface area contributed by atoms with Crippen molar-refractivity contribution in [3.63, 3.8) is 0 Å². The lowest BCUT2D eigenvalue weighted by molar-refractivity contribution is -0.138. The van der Waals surface area contributed by atoms with Crippen molar-refractivity contribution in [2.75, 3.05) is 11.9 Å². The van der Waals surface area contributed by atoms with E-state index in [4.69, 9.17) is 10.8 Å². The van der Waals surface area contributed by atoms with Crippen molar-refractivity contribution >= 4 is 28.3 Å². The molecule has 0 radical (unpaired) electrons. The van der Waals surface area contributed by atoms with Crippen LogP contribution in [0, 0.1) is 0 Å². The number of nitrogens with zero attached hydrogens (tertiary/aromatic N) is 1. The fourth-order valence-electron chi connectivity index (χ4n) is 1.37. The number of nitrogens with one attached hydrogen (secondary N) is 2. The third kappa shape index (κ3) is 5.14. The normalized spacial score (nSPS) is 13.6. The van der Waals surface area contributed by atoms with E-state index in [0.717, 1.165) is 6.42 Å². The summed E-state index contributed by atoms with van der Waals surface area (Å²) in [7, 11) is 0. The van der Waals surface area contributed by atoms with Gasteiger partial charge in [-0.25, -0.2) is 4.98 Å². The Morgan fingerprint density at radius 3 is 2.85 bits per heavy atom. The van der Waals surface area contributed by atoms with Gasteiger partial charge < -0.3 is 21.5 Å². The Kier molecular flexibility index (Phi) is 6.40. The van der Waals surface area contributed by atoms with E-state index >= 15 is 0 Å². The van der Waals surface area contributed by atoms with E-state index in [2.05, 4.69) is 15.6 Å². The molecule has 0 saturated carbocycles. The number of thiazole rings is 1. The molecule has 1 amide bonds. The van der Waals surface area contributed by atoms with Gasteiger partial charge in [-0.1, -0.05) is 6.92 Å². The smallest absolute Gasteiger partial charge is 0.326 e. The minimum absolute atomic E-state index is 0.0223. The number of nitrogens with two attached hydrogens (primary N) is 1. The zero-order chi connectivity index (χ0) is 15.1. The van der Waals surface area contributed by atoms with Crippen LogP contribution < -0.4 is 16.4 Å². The molecule has 5 N–H and O–H groups in total. The highest BCUT2D eigenvalue weighted by molar-refractivity contribution is 7.13. The van der Waals surface area contributed by atoms with Gasteiger partial charge in [0.25, 0.3) is 0 Å². The molecule has 112 valence electrons. The molecule has 0 bridgehead atoms. The van der Waals surface area contributed by atoms with Crippen molar-refractivity contribution in [3.05, 3.63) is 11.1 Å². The number of carbonyl (C=O) groups excluding carboxylic acids is 1. The largest absolute Gasteiger partial charge is 0.480 e. The summed E-state index contributed by atoms with van der Waals surface area (Å²) in [4.78, 5) is 26.3. The summed E-state index contributed by atoms with van der Waals surface area (Å²) in [6.07, 6.45) is 1.23. The van der Waals surface area contributed by atoms with E-state index < -0.39 is 12.0 Å². The summed E-state index contributed by atoms with van der Waals surface area (Å²) >= 11 is 1.27. The van der Waals surface area contributed by atoms with Gasteiger partial charge in [-0.2, -0.15) is 0 Å². The molecule has 0 saturated heterocycles. The fourth-order valence-corrected chi connectivity index (χ4v) is 2.14. The van der Waals surface area contributed by atoms with Crippen LogP contribution in [0.25, 0.3) is 0 Å². The van der Waals surface area contributed by atoms with E-state index in [0.29, 0.717) is 23.8 Å². The number of anilines is 1. The number of amides is 1. The third-order valence-electron chi connectivity index (χ3n) is 2.75. The predicted octanol–water partition coefficient (Wildman–Crippen LogP) is 0.944. The molecule has 1 aromatic heterocycles. The van der Waals surface area contributed by atoms with E-state index in [1.165, 1.54) is 11.3 Å². The van der Waals surface area contributed by atoms with Crippen molar-refractivity contribution in [1.82, 2.24) is 10.3 Å². The highest BCUT2D eigenvalue weighted by Crippen LogP contribution is 2.19. The maximum Gasteiger partial charge on any atom is 0.326 e. The zero-order valence-corrected chi connectivity index (χ0v) is 12.4. The summed E-state index contributed by atoms with van der Waals surface area (Å²) in [6.45, 7) is 4.40. The maximum absolute atomic E-state index is 11.5. The van der Waals surface area contributed by atoms with Gasteiger partial charge in [0, 0.05) is 24.4 Å². The molecule has 0 spiro atoms. The number of carbonyl (C=O) groups is 2. The van der Waals surface area contributed by atoms with E-state index in [1.54, 1.807) is 5.38 Å². The Labute approximate surface area is 121 Å². The molecule has 2 atom stereocenters. The number of aliphatic carboxylic acids is 1. The fraction of sp³-hybridized carbons (Fsp3) is 0.583. The minimum Gasteiger partial charge on any atom is -0.480 e. The Morgan fingerprint density at radius 2 is 2.25 bits per heavy atom. The van der Waals surface area contributed by atoms with Crippen molar-refractivity contribution in [3.8, 4) is 0 Å². The predicted molar refractivity (Wildman–Crippen MR) is 77.7 cm³/mol. The standard InChI is InChI=1S/C12H20N4O3S/c1-3-7(2)15-9(17)4-5-14-12-16-8(6-20-12)10(13)11(18)19/h6-7,10H,3-5,13H2,1-2H3,(H,14,16)(H,15,17)(H,18,19). The second-order valence-electron chi connectivity index (χ2n) is 4.45. The van der Waals surface area contributed by atoms with Crippen LogP contribution in [0.2, 0.25) is 0 Å². The average molecular weight is 300 g/mol. The summed E-state index contributed by atoms with van der Waals surface area (Å²) < 4.78 is 0. The van der Waals surface area contributed by atoms with Crippen LogP contribution >= 0.6 is 11.3 Å². The SMILES string of the molecule is CCC(C)NC(=O)CCNc1nc(C(N)C(=O)O)cs1. The Bertz CT molecular complexity index is 463. The number of hydrogen-bond acceptors (Lipinski definition) is 6. The zero-order valence-electron chi connectivity index (χ0n) is 11.5. The second kappa shape index (κ2) is 7.81. The molecule has 8 heteroatoms. The first-order valence-electron chi connectivity index (χ1n) is 6.41. The monoisotopic (exact) mass is 300 g/mol. The molecule has 1 heterocycles. The summed E-state index contributed by atoms with van der Waals surface area (Å²) in [5, 5.41) is 16.8. The van der Waals surface area contributed by atoms with Gasteiger partial charge in [-0.15, -0.1) is 11.3 Å². The highest BCUT2D eigenvalue weighted by atomic mass is 32.1. The average Bonchev–Trinajstić information content (AvgIpc) is 2.86. The number of carboxylic acid groups (broad SMARTS) is 1. The lowest BCUT2D eigenvalue weighted by atomic mass is 10.2. The summed E-state index contributed by atoms with van der Waals surface area (Å²) in [5.41, 5.74) is 5.76. The van der Waals surface area contributed by atoms with Gasteiger partial charge >= 0.3 is 5.97 Å². The number of hydrogen-bond donors (Lipinski definition) is 4. The molecule has 7 nitrogen and oxygen atoms in total. The van der Waals surface area contributed by atoms with E-state index in [-0.39, 0.29) is 11.9 Å². The first kappa shape index (κ1) is 16.4. The van der Waals surface area contributed by atoms with Crippen molar-refractivity contribution in [2.45, 2.75) is 38.8 Å². The van der Waals surface area contributed by atoms with E-state index in [1.807, 2.05) is 13.8 Å². The Morgan fingerprint density at radius 1 is 1.55 bits per heavy atom. The molecule has 2 unspecified atom stereocenters. The van der Waals surface area contributed by atoms with Crippen molar-refractivity contribution in [1.29, 1.82) is 0 Å². The molecule has 0 aliphatic rings. The lowest BCUT2D eigenvalue weighted by Crippen LogP contribution is -2.32. The van der Waals surface area contributed by atoms with Crippen molar-refractivity contribution < 1.29 is 14.7 Å². The van der Waals surface area contributed by atoms with Gasteiger partial charge in [0.05, 0.1) is 5.69 Å².